The molecule has 0 spiro atoms. The van der Waals surface area contributed by atoms with Crippen molar-refractivity contribution in [3.63, 3.8) is 0 Å². The van der Waals surface area contributed by atoms with Crippen molar-refractivity contribution < 1.29 is 32.4 Å². The maximum absolute atomic E-state index is 13.7. The van der Waals surface area contributed by atoms with E-state index in [1.807, 2.05) is 5.32 Å². The average Bonchev–Trinajstić information content (AvgIpc) is 2.73. The van der Waals surface area contributed by atoms with Gasteiger partial charge in [0, 0.05) is 6.20 Å². The average molecular weight is 457 g/mol. The Kier molecular flexibility index (Phi) is 7.22. The van der Waals surface area contributed by atoms with Gasteiger partial charge in [-0.05, 0) is 42.9 Å². The van der Waals surface area contributed by atoms with Gasteiger partial charge in [0.25, 0.3) is 5.91 Å². The number of amides is 4. The van der Waals surface area contributed by atoms with Crippen molar-refractivity contribution >= 4 is 23.7 Å². The number of nitrogen functional groups attached to an aromatic ring is 1. The molecule has 0 radical (unpaired) electrons. The van der Waals surface area contributed by atoms with Crippen LogP contribution in [0, 0.1) is 11.8 Å². The van der Waals surface area contributed by atoms with Gasteiger partial charge in [0.1, 0.15) is 17.9 Å². The van der Waals surface area contributed by atoms with Gasteiger partial charge in [-0.3, -0.25) is 19.3 Å². The highest BCUT2D eigenvalue weighted by Gasteiger charge is 2.56. The van der Waals surface area contributed by atoms with E-state index in [0.29, 0.717) is 36.1 Å². The van der Waals surface area contributed by atoms with Crippen LogP contribution in [0.25, 0.3) is 0 Å². The summed E-state index contributed by atoms with van der Waals surface area (Å²) in [5, 5.41) is 1.97. The summed E-state index contributed by atoms with van der Waals surface area (Å²) in [4.78, 5) is 46.9. The summed E-state index contributed by atoms with van der Waals surface area (Å²) >= 11 is 0. The minimum atomic E-state index is -4.68. The van der Waals surface area contributed by atoms with Crippen molar-refractivity contribution in [3.8, 4) is 0 Å². The van der Waals surface area contributed by atoms with Gasteiger partial charge >= 0.3 is 12.2 Å². The number of urea groups is 1. The third kappa shape index (κ3) is 5.12. The Hall–Kier alpha value is -2.89. The first-order valence-corrected chi connectivity index (χ1v) is 10.4. The molecule has 3 rings (SSSR count). The highest BCUT2D eigenvalue weighted by molar-refractivity contribution is 6.08. The number of anilines is 1. The number of rotatable bonds is 6. The number of β-lactam (4-membered cyclic amide) rings is 1. The van der Waals surface area contributed by atoms with Crippen molar-refractivity contribution in [2.75, 3.05) is 12.8 Å². The molecular formula is C20H26F3N5O4. The molecule has 1 aromatic rings. The number of hydrogen-bond donors (Lipinski definition) is 3. The Morgan fingerprint density at radius 1 is 1.31 bits per heavy atom. The maximum Gasteiger partial charge on any atom is 0.408 e. The summed E-state index contributed by atoms with van der Waals surface area (Å²) in [7, 11) is 1.17. The Labute approximate surface area is 182 Å². The fourth-order valence-corrected chi connectivity index (χ4v) is 4.45. The third-order valence-corrected chi connectivity index (χ3v) is 5.96. The van der Waals surface area contributed by atoms with Crippen molar-refractivity contribution in [2.24, 2.45) is 11.8 Å². The number of halogens is 3. The van der Waals surface area contributed by atoms with E-state index in [1.165, 1.54) is 19.4 Å². The molecule has 2 heterocycles. The molecule has 1 aliphatic heterocycles. The van der Waals surface area contributed by atoms with Gasteiger partial charge in [-0.1, -0.05) is 19.3 Å². The summed E-state index contributed by atoms with van der Waals surface area (Å²) in [5.41, 5.74) is 8.29. The molecule has 4 N–H and O–H groups in total. The number of carbonyl (C=O) groups excluding carboxylic acids is 3. The van der Waals surface area contributed by atoms with E-state index in [-0.39, 0.29) is 12.2 Å². The number of aromatic nitrogens is 1. The standard InChI is InChI=1S/C20H26F3N5O4/c1-32-27-17(29)15-13(9-11-7-8-25-14(24)10-11)18(30)28(15)19(31)26-16(20(21,22)23)12-5-3-2-4-6-12/h7-8,10,12-13,15-16H,2-6,9H2,1H3,(H2,24,25)(H,26,31)(H,27,29)/t13-,15+,16?/m1/s1. The lowest BCUT2D eigenvalue weighted by Gasteiger charge is -2.45. The molecule has 176 valence electrons. The van der Waals surface area contributed by atoms with Gasteiger partial charge in [-0.25, -0.2) is 15.3 Å². The number of carbonyl (C=O) groups is 3. The lowest BCUT2D eigenvalue weighted by molar-refractivity contribution is -0.171. The van der Waals surface area contributed by atoms with Crippen LogP contribution >= 0.6 is 0 Å². The van der Waals surface area contributed by atoms with Crippen LogP contribution in [0.1, 0.15) is 37.7 Å². The fraction of sp³-hybridized carbons (Fsp3) is 0.600. The summed E-state index contributed by atoms with van der Waals surface area (Å²) < 4.78 is 41.1. The maximum atomic E-state index is 13.7. The van der Waals surface area contributed by atoms with Crippen molar-refractivity contribution in [1.82, 2.24) is 20.7 Å². The summed E-state index contributed by atoms with van der Waals surface area (Å²) in [6.07, 6.45) is -0.388. The molecule has 1 saturated heterocycles. The first kappa shape index (κ1) is 23.8. The number of pyridine rings is 1. The van der Waals surface area contributed by atoms with Crippen molar-refractivity contribution in [2.45, 2.75) is 56.8 Å². The molecule has 4 amide bonds. The summed E-state index contributed by atoms with van der Waals surface area (Å²) in [6, 6.07) is -1.54. The lowest BCUT2D eigenvalue weighted by atomic mass is 9.81. The molecule has 1 unspecified atom stereocenters. The normalized spacial score (nSPS) is 22.8. The van der Waals surface area contributed by atoms with Crippen LogP contribution < -0.4 is 16.5 Å². The molecule has 2 fully saturated rings. The molecule has 1 saturated carbocycles. The van der Waals surface area contributed by atoms with Crippen LogP contribution in [0.3, 0.4) is 0 Å². The largest absolute Gasteiger partial charge is 0.408 e. The number of nitrogens with two attached hydrogens (primary N) is 1. The number of hydroxylamine groups is 1. The summed E-state index contributed by atoms with van der Waals surface area (Å²) in [5.74, 6) is -3.08. The highest BCUT2D eigenvalue weighted by atomic mass is 19.4. The minimum Gasteiger partial charge on any atom is -0.384 e. The van der Waals surface area contributed by atoms with E-state index in [1.54, 1.807) is 6.07 Å². The number of imide groups is 1. The molecule has 32 heavy (non-hydrogen) atoms. The number of nitrogens with one attached hydrogen (secondary N) is 2. The van der Waals surface area contributed by atoms with E-state index >= 15 is 0 Å². The van der Waals surface area contributed by atoms with Gasteiger partial charge in [0.05, 0.1) is 13.0 Å². The monoisotopic (exact) mass is 457 g/mol. The van der Waals surface area contributed by atoms with Crippen LogP contribution in [0.5, 0.6) is 0 Å². The van der Waals surface area contributed by atoms with Gasteiger partial charge in [-0.2, -0.15) is 13.2 Å². The van der Waals surface area contributed by atoms with Gasteiger partial charge in [0.15, 0.2) is 0 Å². The van der Waals surface area contributed by atoms with E-state index in [4.69, 9.17) is 5.73 Å². The SMILES string of the molecule is CONC(=O)[C@@H]1[C@@H](Cc2ccnc(N)c2)C(=O)N1C(=O)NC(C1CCCCC1)C(F)(F)F. The van der Waals surface area contributed by atoms with E-state index < -0.39 is 47.9 Å². The quantitative estimate of drug-likeness (QED) is 0.443. The van der Waals surface area contributed by atoms with Crippen LogP contribution in [-0.2, 0) is 20.8 Å². The second-order valence-electron chi connectivity index (χ2n) is 8.09. The second kappa shape index (κ2) is 9.72. The summed E-state index contributed by atoms with van der Waals surface area (Å²) in [6.45, 7) is 0. The molecule has 1 aliphatic carbocycles. The molecule has 2 aliphatic rings. The Morgan fingerprint density at radius 3 is 2.59 bits per heavy atom. The number of likely N-dealkylation sites (tertiary alicyclic amines) is 1. The number of nitrogens with zero attached hydrogens (tertiary/aromatic N) is 2. The van der Waals surface area contributed by atoms with Gasteiger partial charge in [0.2, 0.25) is 5.91 Å². The minimum absolute atomic E-state index is 0.0580. The van der Waals surface area contributed by atoms with Crippen molar-refractivity contribution in [3.05, 3.63) is 23.9 Å². The van der Waals surface area contributed by atoms with Crippen molar-refractivity contribution in [1.29, 1.82) is 0 Å². The predicted molar refractivity (Wildman–Crippen MR) is 107 cm³/mol. The Balaban J connectivity index is 1.78. The second-order valence-corrected chi connectivity index (χ2v) is 8.09. The molecular weight excluding hydrogens is 431 g/mol. The zero-order chi connectivity index (χ0) is 23.5. The molecule has 3 atom stereocenters. The first-order chi connectivity index (χ1) is 15.1. The molecule has 0 aromatic carbocycles. The lowest BCUT2D eigenvalue weighted by Crippen LogP contribution is -2.71. The molecule has 12 heteroatoms. The van der Waals surface area contributed by atoms with E-state index in [2.05, 4.69) is 15.3 Å². The van der Waals surface area contributed by atoms with Crippen LogP contribution in [0.4, 0.5) is 23.8 Å². The molecule has 9 nitrogen and oxygen atoms in total. The predicted octanol–water partition coefficient (Wildman–Crippen LogP) is 1.93. The first-order valence-electron chi connectivity index (χ1n) is 10.4. The van der Waals surface area contributed by atoms with Crippen LogP contribution in [0.15, 0.2) is 18.3 Å². The number of alkyl halides is 3. The van der Waals surface area contributed by atoms with E-state index in [9.17, 15) is 27.6 Å². The van der Waals surface area contributed by atoms with Crippen LogP contribution in [-0.4, -0.2) is 53.1 Å². The smallest absolute Gasteiger partial charge is 0.384 e. The molecule has 1 aromatic heterocycles. The van der Waals surface area contributed by atoms with Crippen LogP contribution in [0.2, 0.25) is 0 Å². The number of hydrogen-bond acceptors (Lipinski definition) is 6. The zero-order valence-electron chi connectivity index (χ0n) is 17.5. The van der Waals surface area contributed by atoms with Gasteiger partial charge < -0.3 is 11.1 Å². The molecule has 0 bridgehead atoms. The Bertz CT molecular complexity index is 860. The zero-order valence-corrected chi connectivity index (χ0v) is 17.5. The highest BCUT2D eigenvalue weighted by Crippen LogP contribution is 2.36. The topological polar surface area (TPSA) is 127 Å². The van der Waals surface area contributed by atoms with E-state index in [0.717, 1.165) is 6.42 Å². The fourth-order valence-electron chi connectivity index (χ4n) is 4.45. The third-order valence-electron chi connectivity index (χ3n) is 5.96. The Morgan fingerprint density at radius 2 is 2.00 bits per heavy atom. The van der Waals surface area contributed by atoms with Gasteiger partial charge in [-0.15, -0.1) is 0 Å².